The molecule has 0 N–H and O–H groups in total. The number of benzene rings is 2. The molecule has 1 aliphatic heterocycles. The number of anilines is 1. The topological polar surface area (TPSA) is 12.5 Å². The van der Waals surface area contributed by atoms with Gasteiger partial charge in [-0.15, -0.1) is 0 Å². The Kier molecular flexibility index (Phi) is 5.24. The van der Waals surface area contributed by atoms with Gasteiger partial charge in [-0.25, -0.2) is 0 Å². The lowest BCUT2D eigenvalue weighted by molar-refractivity contribution is -0.00520. The quantitative estimate of drug-likeness (QED) is 0.803. The summed E-state index contributed by atoms with van der Waals surface area (Å²) < 4.78 is 5.80. The van der Waals surface area contributed by atoms with Crippen molar-refractivity contribution in [1.29, 1.82) is 0 Å². The minimum Gasteiger partial charge on any atom is -0.372 e. The third-order valence-corrected chi connectivity index (χ3v) is 4.62. The summed E-state index contributed by atoms with van der Waals surface area (Å²) in [6, 6.07) is 17.1. The fourth-order valence-corrected chi connectivity index (χ4v) is 3.59. The molecule has 122 valence electrons. The molecular weight excluding hydrogens is 306 g/mol. The predicted molar refractivity (Wildman–Crippen MR) is 97.5 cm³/mol. The van der Waals surface area contributed by atoms with Crippen LogP contribution < -0.4 is 4.90 Å². The number of aryl methyl sites for hydroxylation is 2. The number of rotatable bonds is 4. The van der Waals surface area contributed by atoms with Crippen LogP contribution in [0.2, 0.25) is 5.02 Å². The van der Waals surface area contributed by atoms with E-state index in [1.165, 1.54) is 11.1 Å². The van der Waals surface area contributed by atoms with Crippen molar-refractivity contribution < 1.29 is 4.74 Å². The Morgan fingerprint density at radius 1 is 0.957 bits per heavy atom. The summed E-state index contributed by atoms with van der Waals surface area (Å²) in [4.78, 5) is 2.34. The number of halogens is 1. The van der Waals surface area contributed by atoms with Crippen molar-refractivity contribution in [1.82, 2.24) is 0 Å². The average Bonchev–Trinajstić information content (AvgIpc) is 2.53. The Morgan fingerprint density at radius 2 is 1.61 bits per heavy atom. The maximum absolute atomic E-state index is 6.56. The fourth-order valence-electron chi connectivity index (χ4n) is 3.27. The molecule has 0 radical (unpaired) electrons. The second-order valence-corrected chi connectivity index (χ2v) is 6.84. The highest BCUT2D eigenvalue weighted by molar-refractivity contribution is 6.33. The van der Waals surface area contributed by atoms with Gasteiger partial charge < -0.3 is 9.64 Å². The van der Waals surface area contributed by atoms with Gasteiger partial charge in [0.25, 0.3) is 0 Å². The summed E-state index contributed by atoms with van der Waals surface area (Å²) in [7, 11) is 0. The van der Waals surface area contributed by atoms with Gasteiger partial charge in [-0.05, 0) is 49.9 Å². The van der Waals surface area contributed by atoms with E-state index in [1.807, 2.05) is 0 Å². The molecule has 2 aromatic carbocycles. The molecule has 1 aliphatic rings. The lowest BCUT2D eigenvalue weighted by atomic mass is 10.0. The van der Waals surface area contributed by atoms with E-state index in [1.54, 1.807) is 0 Å². The van der Waals surface area contributed by atoms with E-state index in [-0.39, 0.29) is 12.2 Å². The zero-order chi connectivity index (χ0) is 16.2. The average molecular weight is 330 g/mol. The summed E-state index contributed by atoms with van der Waals surface area (Å²) in [5, 5.41) is 0.844. The molecule has 2 atom stereocenters. The van der Waals surface area contributed by atoms with Gasteiger partial charge in [-0.1, -0.05) is 48.0 Å². The van der Waals surface area contributed by atoms with Crippen LogP contribution in [0.4, 0.5) is 5.69 Å². The zero-order valence-corrected chi connectivity index (χ0v) is 14.6. The Hall–Kier alpha value is -1.51. The smallest absolute Gasteiger partial charge is 0.0726 e. The minimum atomic E-state index is 0.243. The van der Waals surface area contributed by atoms with Crippen molar-refractivity contribution in [3.8, 4) is 0 Å². The molecular formula is C20H24ClNO. The van der Waals surface area contributed by atoms with Gasteiger partial charge in [0.15, 0.2) is 0 Å². The van der Waals surface area contributed by atoms with Gasteiger partial charge >= 0.3 is 0 Å². The van der Waals surface area contributed by atoms with Crippen LogP contribution in [0.3, 0.4) is 0 Å². The molecule has 2 nitrogen and oxygen atoms in total. The van der Waals surface area contributed by atoms with E-state index in [9.17, 15) is 0 Å². The molecule has 0 bridgehead atoms. The summed E-state index contributed by atoms with van der Waals surface area (Å²) >= 11 is 6.56. The highest BCUT2D eigenvalue weighted by Crippen LogP contribution is 2.29. The van der Waals surface area contributed by atoms with Crippen molar-refractivity contribution in [2.45, 2.75) is 38.9 Å². The van der Waals surface area contributed by atoms with Crippen LogP contribution in [0.15, 0.2) is 48.5 Å². The first kappa shape index (κ1) is 16.4. The first-order valence-corrected chi connectivity index (χ1v) is 8.72. The Labute approximate surface area is 144 Å². The van der Waals surface area contributed by atoms with Gasteiger partial charge in [0, 0.05) is 13.1 Å². The van der Waals surface area contributed by atoms with Crippen LogP contribution in [0, 0.1) is 0 Å². The van der Waals surface area contributed by atoms with Gasteiger partial charge in [-0.2, -0.15) is 0 Å². The van der Waals surface area contributed by atoms with E-state index >= 15 is 0 Å². The maximum atomic E-state index is 6.56. The van der Waals surface area contributed by atoms with Crippen molar-refractivity contribution in [3.63, 3.8) is 0 Å². The predicted octanol–water partition coefficient (Wildman–Crippen LogP) is 4.74. The Morgan fingerprint density at radius 3 is 2.26 bits per heavy atom. The molecule has 0 aromatic heterocycles. The number of ether oxygens (including phenoxy) is 1. The number of morpholine rings is 1. The summed E-state index contributed by atoms with van der Waals surface area (Å²) in [6.07, 6.45) is 2.54. The van der Waals surface area contributed by atoms with Crippen molar-refractivity contribution in [2.75, 3.05) is 18.0 Å². The molecule has 3 heteroatoms. The fraction of sp³-hybridized carbons (Fsp3) is 0.400. The van der Waals surface area contributed by atoms with Gasteiger partial charge in [-0.3, -0.25) is 0 Å². The zero-order valence-electron chi connectivity index (χ0n) is 13.8. The molecule has 2 aromatic rings. The lowest BCUT2D eigenvalue weighted by Crippen LogP contribution is -2.45. The highest BCUT2D eigenvalue weighted by atomic mass is 35.5. The van der Waals surface area contributed by atoms with Crippen LogP contribution in [-0.2, 0) is 17.6 Å². The Balaban J connectivity index is 1.68. The molecule has 23 heavy (non-hydrogen) atoms. The van der Waals surface area contributed by atoms with E-state index < -0.39 is 0 Å². The van der Waals surface area contributed by atoms with E-state index in [2.05, 4.69) is 67.3 Å². The monoisotopic (exact) mass is 329 g/mol. The summed E-state index contributed by atoms with van der Waals surface area (Å²) in [6.45, 7) is 6.02. The molecule has 0 aliphatic carbocycles. The minimum absolute atomic E-state index is 0.243. The van der Waals surface area contributed by atoms with Crippen molar-refractivity contribution in [3.05, 3.63) is 64.7 Å². The van der Waals surface area contributed by atoms with Gasteiger partial charge in [0.05, 0.1) is 22.9 Å². The molecule has 0 saturated carbocycles. The second kappa shape index (κ2) is 7.37. The Bertz CT molecular complexity index is 633. The SMILES string of the molecule is C[C@@H]1CN(c2ccc(CCc3ccccc3)cc2Cl)C[C@H](C)O1. The number of nitrogens with zero attached hydrogens (tertiary/aromatic N) is 1. The number of hydrogen-bond acceptors (Lipinski definition) is 2. The van der Waals surface area contributed by atoms with Crippen LogP contribution >= 0.6 is 11.6 Å². The number of hydrogen-bond donors (Lipinski definition) is 0. The van der Waals surface area contributed by atoms with Gasteiger partial charge in [0.1, 0.15) is 0 Å². The molecule has 1 saturated heterocycles. The summed E-state index contributed by atoms with van der Waals surface area (Å²) in [5.41, 5.74) is 3.78. The molecule has 3 rings (SSSR count). The highest BCUT2D eigenvalue weighted by Gasteiger charge is 2.23. The summed E-state index contributed by atoms with van der Waals surface area (Å²) in [5.74, 6) is 0. The molecule has 1 fully saturated rings. The second-order valence-electron chi connectivity index (χ2n) is 6.43. The van der Waals surface area contributed by atoms with Crippen LogP contribution in [0.5, 0.6) is 0 Å². The van der Waals surface area contributed by atoms with E-state index in [0.29, 0.717) is 0 Å². The van der Waals surface area contributed by atoms with Crippen molar-refractivity contribution in [2.24, 2.45) is 0 Å². The van der Waals surface area contributed by atoms with Gasteiger partial charge in [0.2, 0.25) is 0 Å². The van der Waals surface area contributed by atoms with Crippen LogP contribution in [0.1, 0.15) is 25.0 Å². The van der Waals surface area contributed by atoms with Crippen LogP contribution in [-0.4, -0.2) is 25.3 Å². The third-order valence-electron chi connectivity index (χ3n) is 4.32. The third kappa shape index (κ3) is 4.27. The molecule has 1 heterocycles. The maximum Gasteiger partial charge on any atom is 0.0726 e. The van der Waals surface area contributed by atoms with Crippen molar-refractivity contribution >= 4 is 17.3 Å². The molecule has 0 spiro atoms. The largest absolute Gasteiger partial charge is 0.372 e. The van der Waals surface area contributed by atoms with E-state index in [0.717, 1.165) is 36.6 Å². The lowest BCUT2D eigenvalue weighted by Gasteiger charge is -2.37. The first-order valence-electron chi connectivity index (χ1n) is 8.34. The standard InChI is InChI=1S/C20H24ClNO/c1-15-13-22(14-16(2)23-15)20-11-10-18(12-19(20)21)9-8-17-6-4-3-5-7-17/h3-7,10-12,15-16H,8-9,13-14H2,1-2H3/t15-,16+. The first-order chi connectivity index (χ1) is 11.1. The molecule has 0 unspecified atom stereocenters. The molecule has 0 amide bonds. The van der Waals surface area contributed by atoms with E-state index in [4.69, 9.17) is 16.3 Å². The normalized spacial score (nSPS) is 21.4. The van der Waals surface area contributed by atoms with Crippen LogP contribution in [0.25, 0.3) is 0 Å².